The molecule has 2 saturated heterocycles. The molecule has 0 amide bonds. The van der Waals surface area contributed by atoms with E-state index in [2.05, 4.69) is 24.0 Å². The number of piperidine rings is 2. The number of nitrogens with zero attached hydrogens (tertiary/aromatic N) is 1. The molecule has 3 heteroatoms. The molecule has 4 heterocycles. The maximum Gasteiger partial charge on any atom is 0.134 e. The first-order chi connectivity index (χ1) is 11.8. The molecular formula is C21H27NO2. The van der Waals surface area contributed by atoms with E-state index in [0.717, 1.165) is 29.6 Å². The molecule has 24 heavy (non-hydrogen) atoms. The van der Waals surface area contributed by atoms with Gasteiger partial charge in [-0.05, 0) is 55.7 Å². The van der Waals surface area contributed by atoms with E-state index in [1.807, 2.05) is 6.07 Å². The van der Waals surface area contributed by atoms with E-state index >= 15 is 0 Å². The Morgan fingerprint density at radius 1 is 1.29 bits per heavy atom. The highest BCUT2D eigenvalue weighted by Gasteiger charge is 2.49. The van der Waals surface area contributed by atoms with Crippen LogP contribution in [-0.2, 0) is 6.42 Å². The lowest BCUT2D eigenvalue weighted by Crippen LogP contribution is -2.56. The Morgan fingerprint density at radius 2 is 2.21 bits per heavy atom. The van der Waals surface area contributed by atoms with E-state index in [9.17, 15) is 0 Å². The van der Waals surface area contributed by atoms with Crippen molar-refractivity contribution in [3.63, 3.8) is 0 Å². The molecule has 1 aromatic carbocycles. The Hall–Kier alpha value is -1.48. The van der Waals surface area contributed by atoms with Crippen molar-refractivity contribution >= 4 is 11.0 Å². The lowest BCUT2D eigenvalue weighted by Gasteiger charge is -2.53. The number of benzene rings is 1. The first kappa shape index (κ1) is 14.8. The topological polar surface area (TPSA) is 25.6 Å². The minimum absolute atomic E-state index is 0.602. The molecule has 3 fully saturated rings. The van der Waals surface area contributed by atoms with Crippen LogP contribution < -0.4 is 4.74 Å². The molecule has 2 aromatic rings. The van der Waals surface area contributed by atoms with E-state index in [1.165, 1.54) is 55.5 Å². The minimum Gasteiger partial charge on any atom is -0.497 e. The van der Waals surface area contributed by atoms with Gasteiger partial charge in [0.05, 0.1) is 7.11 Å². The van der Waals surface area contributed by atoms with Gasteiger partial charge in [-0.15, -0.1) is 0 Å². The highest BCUT2D eigenvalue weighted by Crippen LogP contribution is 2.52. The van der Waals surface area contributed by atoms with Gasteiger partial charge in [-0.1, -0.05) is 13.3 Å². The standard InChI is InChI=1S/C21H27NO2/c1-3-4-14-9-13-10-18-20(14)22(12-13)8-7-16-17-11-15(23-2)5-6-19(17)24-21(16)18/h5-6,11,13-14,18,20H,3-4,7-10,12H2,1-2H3. The van der Waals surface area contributed by atoms with Gasteiger partial charge in [-0.2, -0.15) is 0 Å². The average molecular weight is 325 g/mol. The largest absolute Gasteiger partial charge is 0.497 e. The molecule has 0 radical (unpaired) electrons. The predicted octanol–water partition coefficient (Wildman–Crippen LogP) is 4.59. The van der Waals surface area contributed by atoms with Crippen molar-refractivity contribution in [2.24, 2.45) is 11.8 Å². The zero-order chi connectivity index (χ0) is 16.3. The molecule has 3 aliphatic heterocycles. The number of ether oxygens (including phenoxy) is 1. The van der Waals surface area contributed by atoms with Gasteiger partial charge in [0.2, 0.25) is 0 Å². The lowest BCUT2D eigenvalue weighted by atomic mass is 9.65. The molecule has 5 atom stereocenters. The summed E-state index contributed by atoms with van der Waals surface area (Å²) in [6.45, 7) is 4.84. The molecule has 1 aromatic heterocycles. The van der Waals surface area contributed by atoms with Crippen LogP contribution in [0.15, 0.2) is 22.6 Å². The first-order valence-electron chi connectivity index (χ1n) is 9.61. The minimum atomic E-state index is 0.602. The van der Waals surface area contributed by atoms with Gasteiger partial charge < -0.3 is 9.15 Å². The van der Waals surface area contributed by atoms with Gasteiger partial charge in [0.25, 0.3) is 0 Å². The summed E-state index contributed by atoms with van der Waals surface area (Å²) in [6.07, 6.45) is 6.56. The fourth-order valence-electron chi connectivity index (χ4n) is 5.89. The lowest BCUT2D eigenvalue weighted by molar-refractivity contribution is -0.0188. The van der Waals surface area contributed by atoms with Crippen LogP contribution in [0.5, 0.6) is 5.75 Å². The van der Waals surface area contributed by atoms with Crippen molar-refractivity contribution in [1.82, 2.24) is 4.90 Å². The fourth-order valence-corrected chi connectivity index (χ4v) is 5.89. The maximum absolute atomic E-state index is 6.45. The summed E-state index contributed by atoms with van der Waals surface area (Å²) in [7, 11) is 1.74. The Bertz CT molecular complexity index is 765. The van der Waals surface area contributed by atoms with Crippen LogP contribution in [0.4, 0.5) is 0 Å². The number of hydrogen-bond acceptors (Lipinski definition) is 3. The fraction of sp³-hybridized carbons (Fsp3) is 0.619. The third-order valence-corrected chi connectivity index (χ3v) is 6.71. The SMILES string of the molecule is CCCC1CC2CC3c4oc5ccc(OC)cc5c4CCN(C2)C13. The van der Waals surface area contributed by atoms with Crippen LogP contribution in [0, 0.1) is 11.8 Å². The Kier molecular flexibility index (Phi) is 3.41. The monoisotopic (exact) mass is 325 g/mol. The number of fused-ring (bicyclic) bond motifs is 4. The maximum atomic E-state index is 6.45. The molecule has 0 N–H and O–H groups in total. The van der Waals surface area contributed by atoms with E-state index < -0.39 is 0 Å². The van der Waals surface area contributed by atoms with E-state index in [1.54, 1.807) is 7.11 Å². The van der Waals surface area contributed by atoms with E-state index in [-0.39, 0.29) is 0 Å². The summed E-state index contributed by atoms with van der Waals surface area (Å²) in [6, 6.07) is 6.98. The summed E-state index contributed by atoms with van der Waals surface area (Å²) in [5, 5.41) is 1.28. The summed E-state index contributed by atoms with van der Waals surface area (Å²) in [5.74, 6) is 4.57. The molecule has 4 bridgehead atoms. The van der Waals surface area contributed by atoms with Crippen molar-refractivity contribution in [2.45, 2.75) is 51.0 Å². The van der Waals surface area contributed by atoms with E-state index in [0.29, 0.717) is 12.0 Å². The van der Waals surface area contributed by atoms with Crippen molar-refractivity contribution < 1.29 is 9.15 Å². The van der Waals surface area contributed by atoms with Crippen LogP contribution in [-0.4, -0.2) is 31.1 Å². The molecule has 1 saturated carbocycles. The molecule has 5 unspecified atom stereocenters. The second kappa shape index (κ2) is 5.52. The molecule has 4 aliphatic rings. The van der Waals surface area contributed by atoms with Crippen LogP contribution in [0.2, 0.25) is 0 Å². The molecule has 0 spiro atoms. The van der Waals surface area contributed by atoms with Crippen molar-refractivity contribution in [2.75, 3.05) is 20.2 Å². The zero-order valence-electron chi connectivity index (χ0n) is 14.8. The second-order valence-electron chi connectivity index (χ2n) is 8.04. The predicted molar refractivity (Wildman–Crippen MR) is 95.7 cm³/mol. The molecule has 128 valence electrons. The van der Waals surface area contributed by atoms with Crippen LogP contribution in [0.3, 0.4) is 0 Å². The number of rotatable bonds is 3. The van der Waals surface area contributed by atoms with Crippen LogP contribution in [0.25, 0.3) is 11.0 Å². The normalized spacial score (nSPS) is 34.2. The third kappa shape index (κ3) is 2.07. The van der Waals surface area contributed by atoms with Crippen molar-refractivity contribution in [1.29, 1.82) is 0 Å². The van der Waals surface area contributed by atoms with Gasteiger partial charge >= 0.3 is 0 Å². The van der Waals surface area contributed by atoms with Crippen LogP contribution in [0.1, 0.15) is 49.8 Å². The first-order valence-corrected chi connectivity index (χ1v) is 9.61. The number of methoxy groups -OCH3 is 1. The Labute approximate surface area is 144 Å². The van der Waals surface area contributed by atoms with Crippen molar-refractivity contribution in [3.05, 3.63) is 29.5 Å². The van der Waals surface area contributed by atoms with Gasteiger partial charge in [-0.3, -0.25) is 4.90 Å². The molecule has 1 aliphatic carbocycles. The average Bonchev–Trinajstić information content (AvgIpc) is 2.92. The van der Waals surface area contributed by atoms with E-state index in [4.69, 9.17) is 9.15 Å². The number of furan rings is 1. The summed E-state index contributed by atoms with van der Waals surface area (Å²) in [4.78, 5) is 2.80. The smallest absolute Gasteiger partial charge is 0.134 e. The number of hydrogen-bond donors (Lipinski definition) is 0. The van der Waals surface area contributed by atoms with Gasteiger partial charge in [0.1, 0.15) is 17.1 Å². The molecular weight excluding hydrogens is 298 g/mol. The third-order valence-electron chi connectivity index (χ3n) is 6.71. The Balaban J connectivity index is 1.63. The summed E-state index contributed by atoms with van der Waals surface area (Å²) >= 11 is 0. The van der Waals surface area contributed by atoms with Crippen molar-refractivity contribution in [3.8, 4) is 5.75 Å². The van der Waals surface area contributed by atoms with Gasteiger partial charge in [0.15, 0.2) is 0 Å². The highest BCUT2D eigenvalue weighted by molar-refractivity contribution is 5.84. The molecule has 6 rings (SSSR count). The second-order valence-corrected chi connectivity index (χ2v) is 8.04. The highest BCUT2D eigenvalue weighted by atomic mass is 16.5. The quantitative estimate of drug-likeness (QED) is 0.825. The molecule has 3 nitrogen and oxygen atoms in total. The van der Waals surface area contributed by atoms with Gasteiger partial charge in [-0.25, -0.2) is 0 Å². The van der Waals surface area contributed by atoms with Gasteiger partial charge in [0, 0.05) is 36.0 Å². The van der Waals surface area contributed by atoms with Crippen LogP contribution >= 0.6 is 0 Å². The Morgan fingerprint density at radius 3 is 3.04 bits per heavy atom. The zero-order valence-corrected chi connectivity index (χ0v) is 14.8. The summed E-state index contributed by atoms with van der Waals surface area (Å²) in [5.41, 5.74) is 2.50. The summed E-state index contributed by atoms with van der Waals surface area (Å²) < 4.78 is 11.9.